The lowest BCUT2D eigenvalue weighted by molar-refractivity contribution is -0.127. The smallest absolute Gasteiger partial charge is 0.261 e. The van der Waals surface area contributed by atoms with Gasteiger partial charge < -0.3 is 10.1 Å². The lowest BCUT2D eigenvalue weighted by Crippen LogP contribution is -2.38. The van der Waals surface area contributed by atoms with E-state index >= 15 is 0 Å². The number of carbonyl (C=O) groups excluding carboxylic acids is 1. The fourth-order valence-corrected chi connectivity index (χ4v) is 3.52. The quantitative estimate of drug-likeness (QED) is 0.762. The largest absolute Gasteiger partial charge is 0.480 e. The number of rotatable bonds is 5. The monoisotopic (exact) mass is 352 g/mol. The minimum absolute atomic E-state index is 0.0828. The van der Waals surface area contributed by atoms with Crippen LogP contribution in [0, 0.1) is 0 Å². The Labute approximate surface area is 148 Å². The number of nitrogens with one attached hydrogen (secondary N) is 1. The van der Waals surface area contributed by atoms with Crippen LogP contribution < -0.4 is 10.1 Å². The first-order valence-electron chi connectivity index (χ1n) is 8.02. The topological polar surface area (TPSA) is 77.0 Å². The Hall–Kier alpha value is -2.80. The highest BCUT2D eigenvalue weighted by molar-refractivity contribution is 7.13. The number of fused-ring (bicyclic) bond motifs is 1. The summed E-state index contributed by atoms with van der Waals surface area (Å²) < 4.78 is 5.69. The SMILES string of the molecule is O=C(NCCc1csc(-c2cnccn2)n1)C1Cc2ccccc2O1. The summed E-state index contributed by atoms with van der Waals surface area (Å²) in [5.41, 5.74) is 2.78. The maximum atomic E-state index is 12.3. The summed E-state index contributed by atoms with van der Waals surface area (Å²) in [5, 5.41) is 5.75. The van der Waals surface area contributed by atoms with Gasteiger partial charge in [0, 0.05) is 37.2 Å². The molecule has 6 nitrogen and oxygen atoms in total. The van der Waals surface area contributed by atoms with Crippen molar-refractivity contribution in [3.05, 3.63) is 59.5 Å². The van der Waals surface area contributed by atoms with Crippen molar-refractivity contribution in [2.24, 2.45) is 0 Å². The first-order chi connectivity index (χ1) is 12.3. The molecule has 0 bridgehead atoms. The summed E-state index contributed by atoms with van der Waals surface area (Å²) in [6, 6.07) is 7.76. The van der Waals surface area contributed by atoms with E-state index in [0.717, 1.165) is 27.7 Å². The van der Waals surface area contributed by atoms with Crippen LogP contribution >= 0.6 is 11.3 Å². The molecule has 1 aliphatic rings. The summed E-state index contributed by atoms with van der Waals surface area (Å²) >= 11 is 1.53. The van der Waals surface area contributed by atoms with E-state index in [9.17, 15) is 4.79 Å². The number of para-hydroxylation sites is 1. The van der Waals surface area contributed by atoms with Crippen LogP contribution in [0.5, 0.6) is 5.75 Å². The Kier molecular flexibility index (Phi) is 4.39. The van der Waals surface area contributed by atoms with Crippen LogP contribution in [0.25, 0.3) is 10.7 Å². The number of hydrogen-bond donors (Lipinski definition) is 1. The van der Waals surface area contributed by atoms with Gasteiger partial charge in [-0.05, 0) is 11.6 Å². The van der Waals surface area contributed by atoms with Crippen molar-refractivity contribution in [2.45, 2.75) is 18.9 Å². The van der Waals surface area contributed by atoms with E-state index in [1.165, 1.54) is 11.3 Å². The molecule has 1 unspecified atom stereocenters. The van der Waals surface area contributed by atoms with Gasteiger partial charge in [0.1, 0.15) is 16.5 Å². The molecular formula is C18H16N4O2S. The standard InChI is InChI=1S/C18H16N4O2S/c23-17(16-9-12-3-1-2-4-15(12)24-16)21-6-5-13-11-25-18(22-13)14-10-19-7-8-20-14/h1-4,7-8,10-11,16H,5-6,9H2,(H,21,23). The predicted molar refractivity (Wildman–Crippen MR) is 94.4 cm³/mol. The molecule has 4 rings (SSSR count). The van der Waals surface area contributed by atoms with Gasteiger partial charge >= 0.3 is 0 Å². The molecule has 1 atom stereocenters. The molecule has 3 aromatic rings. The van der Waals surface area contributed by atoms with E-state index in [1.54, 1.807) is 18.6 Å². The zero-order valence-electron chi connectivity index (χ0n) is 13.4. The van der Waals surface area contributed by atoms with E-state index in [4.69, 9.17) is 4.74 Å². The molecule has 0 radical (unpaired) electrons. The summed E-state index contributed by atoms with van der Waals surface area (Å²) in [5.74, 6) is 0.719. The molecule has 7 heteroatoms. The Morgan fingerprint density at radius 2 is 2.24 bits per heavy atom. The first-order valence-corrected chi connectivity index (χ1v) is 8.90. The summed E-state index contributed by atoms with van der Waals surface area (Å²) in [7, 11) is 0. The zero-order chi connectivity index (χ0) is 17.1. The second-order valence-electron chi connectivity index (χ2n) is 5.69. The van der Waals surface area contributed by atoms with Crippen LogP contribution in [0.1, 0.15) is 11.3 Å². The third-order valence-corrected chi connectivity index (χ3v) is 4.87. The summed E-state index contributed by atoms with van der Waals surface area (Å²) in [4.78, 5) is 25.1. The first kappa shape index (κ1) is 15.7. The van der Waals surface area contributed by atoms with Crippen LogP contribution in [0.4, 0.5) is 0 Å². The fourth-order valence-electron chi connectivity index (χ4n) is 2.70. The summed E-state index contributed by atoms with van der Waals surface area (Å²) in [6.45, 7) is 0.526. The Bertz CT molecular complexity index is 857. The van der Waals surface area contributed by atoms with E-state index < -0.39 is 6.10 Å². The zero-order valence-corrected chi connectivity index (χ0v) is 14.2. The molecule has 0 saturated carbocycles. The van der Waals surface area contributed by atoms with Gasteiger partial charge in [-0.3, -0.25) is 14.8 Å². The van der Waals surface area contributed by atoms with Crippen molar-refractivity contribution in [2.75, 3.05) is 6.54 Å². The van der Waals surface area contributed by atoms with Gasteiger partial charge in [0.15, 0.2) is 6.10 Å². The van der Waals surface area contributed by atoms with Crippen LogP contribution in [-0.4, -0.2) is 33.5 Å². The van der Waals surface area contributed by atoms with E-state index in [-0.39, 0.29) is 5.91 Å². The third-order valence-electron chi connectivity index (χ3n) is 3.95. The molecule has 1 aliphatic heterocycles. The molecule has 1 amide bonds. The van der Waals surface area contributed by atoms with Gasteiger partial charge in [-0.1, -0.05) is 18.2 Å². The second-order valence-corrected chi connectivity index (χ2v) is 6.55. The van der Waals surface area contributed by atoms with Crippen LogP contribution in [0.15, 0.2) is 48.2 Å². The number of amides is 1. The van der Waals surface area contributed by atoms with Crippen LogP contribution in [0.2, 0.25) is 0 Å². The van der Waals surface area contributed by atoms with E-state index in [0.29, 0.717) is 19.4 Å². The van der Waals surface area contributed by atoms with Crippen molar-refractivity contribution in [1.29, 1.82) is 0 Å². The third kappa shape index (κ3) is 3.51. The highest BCUT2D eigenvalue weighted by Crippen LogP contribution is 2.28. The highest BCUT2D eigenvalue weighted by Gasteiger charge is 2.28. The summed E-state index contributed by atoms with van der Waals surface area (Å²) in [6.07, 6.45) is 5.83. The molecule has 3 heterocycles. The van der Waals surface area contributed by atoms with Crippen molar-refractivity contribution in [1.82, 2.24) is 20.3 Å². The average molecular weight is 352 g/mol. The van der Waals surface area contributed by atoms with Gasteiger partial charge in [-0.15, -0.1) is 11.3 Å². The molecule has 2 aromatic heterocycles. The molecule has 0 fully saturated rings. The molecule has 0 spiro atoms. The minimum atomic E-state index is -0.442. The van der Waals surface area contributed by atoms with Gasteiger partial charge in [0.2, 0.25) is 0 Å². The fraction of sp³-hybridized carbons (Fsp3) is 0.222. The number of carbonyl (C=O) groups is 1. The molecule has 126 valence electrons. The number of benzene rings is 1. The van der Waals surface area contributed by atoms with Crippen molar-refractivity contribution >= 4 is 17.2 Å². The average Bonchev–Trinajstić information content (AvgIpc) is 3.29. The predicted octanol–water partition coefficient (Wildman–Crippen LogP) is 2.26. The molecule has 0 aliphatic carbocycles. The maximum Gasteiger partial charge on any atom is 0.261 e. The molecule has 0 saturated heterocycles. The lowest BCUT2D eigenvalue weighted by Gasteiger charge is -2.10. The Morgan fingerprint density at radius 3 is 3.08 bits per heavy atom. The van der Waals surface area contributed by atoms with Crippen molar-refractivity contribution < 1.29 is 9.53 Å². The number of ether oxygens (including phenoxy) is 1. The molecule has 25 heavy (non-hydrogen) atoms. The van der Waals surface area contributed by atoms with Crippen molar-refractivity contribution in [3.63, 3.8) is 0 Å². The Balaban J connectivity index is 1.29. The molecular weight excluding hydrogens is 336 g/mol. The highest BCUT2D eigenvalue weighted by atomic mass is 32.1. The van der Waals surface area contributed by atoms with E-state index in [2.05, 4.69) is 20.3 Å². The van der Waals surface area contributed by atoms with Crippen molar-refractivity contribution in [3.8, 4) is 16.5 Å². The number of hydrogen-bond acceptors (Lipinski definition) is 6. The number of nitrogens with zero attached hydrogens (tertiary/aromatic N) is 3. The lowest BCUT2D eigenvalue weighted by atomic mass is 10.1. The molecule has 1 aromatic carbocycles. The maximum absolute atomic E-state index is 12.3. The van der Waals surface area contributed by atoms with E-state index in [1.807, 2.05) is 29.6 Å². The van der Waals surface area contributed by atoms with Gasteiger partial charge in [-0.25, -0.2) is 4.98 Å². The Morgan fingerprint density at radius 1 is 1.32 bits per heavy atom. The van der Waals surface area contributed by atoms with Gasteiger partial charge in [0.25, 0.3) is 5.91 Å². The molecule has 1 N–H and O–H groups in total. The van der Waals surface area contributed by atoms with Gasteiger partial charge in [-0.2, -0.15) is 0 Å². The number of thiazole rings is 1. The van der Waals surface area contributed by atoms with Crippen LogP contribution in [-0.2, 0) is 17.6 Å². The van der Waals surface area contributed by atoms with Crippen LogP contribution in [0.3, 0.4) is 0 Å². The number of aromatic nitrogens is 3. The normalized spacial score (nSPS) is 15.4. The second kappa shape index (κ2) is 6.98. The van der Waals surface area contributed by atoms with Gasteiger partial charge in [0.05, 0.1) is 11.9 Å². The minimum Gasteiger partial charge on any atom is -0.480 e.